The summed E-state index contributed by atoms with van der Waals surface area (Å²) in [5, 5.41) is 2.88. The molecule has 1 aromatic carbocycles. The lowest BCUT2D eigenvalue weighted by Crippen LogP contribution is -2.28. The highest BCUT2D eigenvalue weighted by Gasteiger charge is 2.05. The number of rotatable bonds is 7. The van der Waals surface area contributed by atoms with Crippen LogP contribution in [0.5, 0.6) is 5.75 Å². The Bertz CT molecular complexity index is 365. The van der Waals surface area contributed by atoms with Gasteiger partial charge in [-0.15, -0.1) is 11.6 Å². The number of hydrogen-bond acceptors (Lipinski definition) is 2. The van der Waals surface area contributed by atoms with E-state index < -0.39 is 0 Å². The molecule has 1 amide bonds. The number of carbonyl (C=O) groups is 1. The third kappa shape index (κ3) is 5.41. The number of nitrogens with one attached hydrogen (secondary N) is 1. The minimum Gasteiger partial charge on any atom is -0.497 e. The fourth-order valence-corrected chi connectivity index (χ4v) is 1.59. The van der Waals surface area contributed by atoms with E-state index in [0.717, 1.165) is 17.7 Å². The minimum atomic E-state index is 0.0720. The molecular formula is C14H20ClNO2. The number of halogens is 1. The smallest absolute Gasteiger partial charge is 0.220 e. The largest absolute Gasteiger partial charge is 0.497 e. The molecule has 0 bridgehead atoms. The molecule has 4 heteroatoms. The van der Waals surface area contributed by atoms with E-state index in [2.05, 4.69) is 5.32 Å². The van der Waals surface area contributed by atoms with Crippen LogP contribution in [0.15, 0.2) is 24.3 Å². The SMILES string of the molecule is COc1ccc(CCC(=O)NCC(C)CCl)cc1. The first kappa shape index (κ1) is 14.8. The first-order valence-corrected chi connectivity index (χ1v) is 6.64. The summed E-state index contributed by atoms with van der Waals surface area (Å²) in [6.45, 7) is 2.65. The van der Waals surface area contributed by atoms with Gasteiger partial charge in [0.05, 0.1) is 7.11 Å². The Kier molecular flexibility index (Phi) is 6.58. The van der Waals surface area contributed by atoms with Crippen LogP contribution in [0, 0.1) is 5.92 Å². The van der Waals surface area contributed by atoms with Gasteiger partial charge in [-0.3, -0.25) is 4.79 Å². The molecule has 100 valence electrons. The van der Waals surface area contributed by atoms with Crippen LogP contribution >= 0.6 is 11.6 Å². The quantitative estimate of drug-likeness (QED) is 0.773. The predicted molar refractivity (Wildman–Crippen MR) is 74.2 cm³/mol. The zero-order valence-corrected chi connectivity index (χ0v) is 11.7. The van der Waals surface area contributed by atoms with E-state index in [1.165, 1.54) is 0 Å². The second kappa shape index (κ2) is 7.98. The number of aryl methyl sites for hydroxylation is 1. The Morgan fingerprint density at radius 1 is 1.39 bits per heavy atom. The zero-order chi connectivity index (χ0) is 13.4. The van der Waals surface area contributed by atoms with Gasteiger partial charge in [-0.25, -0.2) is 0 Å². The summed E-state index contributed by atoms with van der Waals surface area (Å²) in [7, 11) is 1.64. The number of ether oxygens (including phenoxy) is 1. The fourth-order valence-electron chi connectivity index (χ4n) is 1.48. The molecule has 1 rings (SSSR count). The summed E-state index contributed by atoms with van der Waals surface area (Å²) < 4.78 is 5.08. The summed E-state index contributed by atoms with van der Waals surface area (Å²) in [5.41, 5.74) is 1.14. The van der Waals surface area contributed by atoms with Gasteiger partial charge in [-0.2, -0.15) is 0 Å². The van der Waals surface area contributed by atoms with Crippen LogP contribution in [-0.4, -0.2) is 25.4 Å². The molecule has 18 heavy (non-hydrogen) atoms. The van der Waals surface area contributed by atoms with Crippen LogP contribution in [0.3, 0.4) is 0 Å². The molecule has 1 atom stereocenters. The molecule has 0 heterocycles. The third-order valence-corrected chi connectivity index (χ3v) is 3.24. The van der Waals surface area contributed by atoms with Gasteiger partial charge in [0.1, 0.15) is 5.75 Å². The number of benzene rings is 1. The molecule has 0 spiro atoms. The standard InChI is InChI=1S/C14H20ClNO2/c1-11(9-15)10-16-14(17)8-5-12-3-6-13(18-2)7-4-12/h3-4,6-7,11H,5,8-10H2,1-2H3,(H,16,17). The Labute approximate surface area is 113 Å². The number of hydrogen-bond donors (Lipinski definition) is 1. The third-order valence-electron chi connectivity index (χ3n) is 2.71. The first-order valence-electron chi connectivity index (χ1n) is 6.11. The molecule has 0 radical (unpaired) electrons. The molecule has 0 saturated heterocycles. The Balaban J connectivity index is 2.29. The highest BCUT2D eigenvalue weighted by molar-refractivity contribution is 6.18. The molecule has 3 nitrogen and oxygen atoms in total. The van der Waals surface area contributed by atoms with Crippen molar-refractivity contribution in [3.05, 3.63) is 29.8 Å². The highest BCUT2D eigenvalue weighted by atomic mass is 35.5. The fraction of sp³-hybridized carbons (Fsp3) is 0.500. The lowest BCUT2D eigenvalue weighted by Gasteiger charge is -2.09. The molecule has 0 saturated carbocycles. The maximum Gasteiger partial charge on any atom is 0.220 e. The minimum absolute atomic E-state index is 0.0720. The van der Waals surface area contributed by atoms with Gasteiger partial charge in [0.25, 0.3) is 0 Å². The van der Waals surface area contributed by atoms with E-state index in [4.69, 9.17) is 16.3 Å². The van der Waals surface area contributed by atoms with E-state index in [1.807, 2.05) is 31.2 Å². The van der Waals surface area contributed by atoms with Crippen LogP contribution in [0.1, 0.15) is 18.9 Å². The molecule has 1 unspecified atom stereocenters. The molecule has 0 aliphatic heterocycles. The number of amides is 1. The lowest BCUT2D eigenvalue weighted by atomic mass is 10.1. The summed E-state index contributed by atoms with van der Waals surface area (Å²) >= 11 is 5.67. The maximum absolute atomic E-state index is 11.6. The maximum atomic E-state index is 11.6. The monoisotopic (exact) mass is 269 g/mol. The topological polar surface area (TPSA) is 38.3 Å². The molecule has 0 fully saturated rings. The van der Waals surface area contributed by atoms with Gasteiger partial charge in [0.2, 0.25) is 5.91 Å². The van der Waals surface area contributed by atoms with Gasteiger partial charge in [-0.1, -0.05) is 19.1 Å². The van der Waals surface area contributed by atoms with Crippen molar-refractivity contribution in [3.63, 3.8) is 0 Å². The Hall–Kier alpha value is -1.22. The molecule has 0 aliphatic rings. The second-order valence-corrected chi connectivity index (χ2v) is 4.72. The van der Waals surface area contributed by atoms with Crippen LogP contribution in [0.4, 0.5) is 0 Å². The summed E-state index contributed by atoms with van der Waals surface area (Å²) in [6.07, 6.45) is 1.24. The van der Waals surface area contributed by atoms with Crippen molar-refractivity contribution in [1.29, 1.82) is 0 Å². The van der Waals surface area contributed by atoms with Crippen molar-refractivity contribution >= 4 is 17.5 Å². The van der Waals surface area contributed by atoms with Gasteiger partial charge in [0, 0.05) is 18.8 Å². The average molecular weight is 270 g/mol. The Morgan fingerprint density at radius 2 is 2.06 bits per heavy atom. The zero-order valence-electron chi connectivity index (χ0n) is 10.9. The van der Waals surface area contributed by atoms with Crippen LogP contribution in [0.2, 0.25) is 0 Å². The van der Waals surface area contributed by atoms with Crippen molar-refractivity contribution in [2.24, 2.45) is 5.92 Å². The van der Waals surface area contributed by atoms with Crippen molar-refractivity contribution in [2.45, 2.75) is 19.8 Å². The van der Waals surface area contributed by atoms with Gasteiger partial charge in [0.15, 0.2) is 0 Å². The van der Waals surface area contributed by atoms with Crippen LogP contribution < -0.4 is 10.1 Å². The van der Waals surface area contributed by atoms with Crippen molar-refractivity contribution in [2.75, 3.05) is 19.5 Å². The van der Waals surface area contributed by atoms with Gasteiger partial charge in [-0.05, 0) is 30.0 Å². The molecule has 0 aliphatic carbocycles. The van der Waals surface area contributed by atoms with Crippen molar-refractivity contribution < 1.29 is 9.53 Å². The van der Waals surface area contributed by atoms with Crippen LogP contribution in [-0.2, 0) is 11.2 Å². The normalized spacial score (nSPS) is 11.9. The van der Waals surface area contributed by atoms with Crippen molar-refractivity contribution in [3.8, 4) is 5.75 Å². The van der Waals surface area contributed by atoms with E-state index >= 15 is 0 Å². The van der Waals surface area contributed by atoms with Gasteiger partial charge < -0.3 is 10.1 Å². The molecule has 1 N–H and O–H groups in total. The van der Waals surface area contributed by atoms with E-state index in [9.17, 15) is 4.79 Å². The number of methoxy groups -OCH3 is 1. The predicted octanol–water partition coefficient (Wildman–Crippen LogP) is 2.62. The average Bonchev–Trinajstić information content (AvgIpc) is 2.42. The molecular weight excluding hydrogens is 250 g/mol. The van der Waals surface area contributed by atoms with Gasteiger partial charge >= 0.3 is 0 Å². The van der Waals surface area contributed by atoms with E-state index in [1.54, 1.807) is 7.11 Å². The summed E-state index contributed by atoms with van der Waals surface area (Å²) in [4.78, 5) is 11.6. The van der Waals surface area contributed by atoms with Crippen LogP contribution in [0.25, 0.3) is 0 Å². The summed E-state index contributed by atoms with van der Waals surface area (Å²) in [6, 6.07) is 7.77. The molecule has 1 aromatic rings. The van der Waals surface area contributed by atoms with E-state index in [-0.39, 0.29) is 5.91 Å². The summed E-state index contributed by atoms with van der Waals surface area (Å²) in [5.74, 6) is 1.79. The second-order valence-electron chi connectivity index (χ2n) is 4.41. The lowest BCUT2D eigenvalue weighted by molar-refractivity contribution is -0.121. The molecule has 0 aromatic heterocycles. The van der Waals surface area contributed by atoms with Crippen molar-refractivity contribution in [1.82, 2.24) is 5.32 Å². The number of alkyl halides is 1. The van der Waals surface area contributed by atoms with E-state index in [0.29, 0.717) is 24.8 Å². The number of carbonyl (C=O) groups excluding carboxylic acids is 1. The Morgan fingerprint density at radius 3 is 2.61 bits per heavy atom. The first-order chi connectivity index (χ1) is 8.65. The highest BCUT2D eigenvalue weighted by Crippen LogP contribution is 2.12.